The van der Waals surface area contributed by atoms with Gasteiger partial charge in [0.15, 0.2) is 0 Å². The molecule has 10 nitrogen and oxygen atoms in total. The van der Waals surface area contributed by atoms with Crippen LogP contribution in [0.2, 0.25) is 10.0 Å². The number of carboxylic acid groups (broad SMARTS) is 1. The van der Waals surface area contributed by atoms with Crippen molar-refractivity contribution in [1.82, 2.24) is 15.2 Å². The van der Waals surface area contributed by atoms with E-state index >= 15 is 0 Å². The summed E-state index contributed by atoms with van der Waals surface area (Å²) in [6, 6.07) is 5.95. The van der Waals surface area contributed by atoms with Gasteiger partial charge in [-0.15, -0.1) is 23.5 Å². The topological polar surface area (TPSA) is 133 Å². The van der Waals surface area contributed by atoms with Crippen LogP contribution in [-0.2, 0) is 14.4 Å². The first-order chi connectivity index (χ1) is 19.0. The number of nitrogens with two attached hydrogens (primary N) is 1. The normalized spacial score (nSPS) is 18.5. The number of halogens is 2. The largest absolute Gasteiger partial charge is 0.477 e. The summed E-state index contributed by atoms with van der Waals surface area (Å²) in [6.45, 7) is 1.86. The number of aromatic nitrogens is 2. The van der Waals surface area contributed by atoms with E-state index in [9.17, 15) is 19.5 Å². The van der Waals surface area contributed by atoms with Gasteiger partial charge in [-0.3, -0.25) is 19.4 Å². The lowest BCUT2D eigenvalue weighted by atomic mass is 10.0. The molecule has 15 heteroatoms. The summed E-state index contributed by atoms with van der Waals surface area (Å²) in [6.07, 6.45) is 3.59. The van der Waals surface area contributed by atoms with Gasteiger partial charge in [0, 0.05) is 40.3 Å². The van der Waals surface area contributed by atoms with E-state index in [0.29, 0.717) is 37.8 Å². The first-order valence-corrected chi connectivity index (χ1v) is 15.7. The standard InChI is InChI=1S/C25H26Cl2N6O4S3/c1-13-29-18(28)10-20(31(2)3)33(13)40-8-4-5-14-11-39-24-21(23(35)32(24)22(14)25(36)37)30-19(34)12-38-17-9-15(26)6-7-16(17)27/h4-7,9-10,21,24,28H,8,11-12H2,1-3H3,(H2,30,34,36,37)/p+1/b5-4+/t21-,24?/m1/s1. The van der Waals surface area contributed by atoms with Crippen molar-refractivity contribution in [2.45, 2.75) is 23.2 Å². The maximum absolute atomic E-state index is 12.9. The van der Waals surface area contributed by atoms with E-state index in [1.165, 1.54) is 40.4 Å². The van der Waals surface area contributed by atoms with Crippen LogP contribution >= 0.6 is 58.7 Å². The SMILES string of the molecule is Cc1nc(N)cc(N(C)C)[n+]1SC/C=C/C1=C(C(=O)O)N2C(=O)[C@@H](NC(=O)CSc3cc(Cl)ccc3Cl)C2SC1. The molecule has 4 rings (SSSR count). The van der Waals surface area contributed by atoms with Gasteiger partial charge in [-0.05, 0) is 23.8 Å². The number of β-lactam (4-membered cyclic amide) rings is 1. The van der Waals surface area contributed by atoms with Crippen LogP contribution in [-0.4, -0.2) is 75.5 Å². The second-order valence-electron chi connectivity index (χ2n) is 8.97. The number of nitrogens with one attached hydrogen (secondary N) is 1. The number of hydrogen-bond acceptors (Lipinski definition) is 9. The lowest BCUT2D eigenvalue weighted by Gasteiger charge is -2.49. The smallest absolute Gasteiger partial charge is 0.352 e. The lowest BCUT2D eigenvalue weighted by molar-refractivity contribution is -0.492. The highest BCUT2D eigenvalue weighted by atomic mass is 35.5. The molecule has 2 atom stereocenters. The number of carbonyl (C=O) groups excluding carboxylic acids is 2. The van der Waals surface area contributed by atoms with Crippen LogP contribution in [0.5, 0.6) is 0 Å². The van der Waals surface area contributed by atoms with Gasteiger partial charge in [0.2, 0.25) is 23.4 Å². The van der Waals surface area contributed by atoms with E-state index in [4.69, 9.17) is 28.9 Å². The highest BCUT2D eigenvalue weighted by Gasteiger charge is 2.53. The minimum atomic E-state index is -1.19. The molecule has 2 amide bonds. The van der Waals surface area contributed by atoms with Crippen LogP contribution in [0, 0.1) is 6.92 Å². The van der Waals surface area contributed by atoms with E-state index in [0.717, 1.165) is 11.6 Å². The first kappa shape index (κ1) is 30.4. The van der Waals surface area contributed by atoms with Gasteiger partial charge in [0.1, 0.15) is 17.1 Å². The first-order valence-electron chi connectivity index (χ1n) is 11.9. The summed E-state index contributed by atoms with van der Waals surface area (Å²) in [5.74, 6) is 0.981. The molecule has 2 aromatic rings. The molecule has 0 bridgehead atoms. The number of aryl methyl sites for hydroxylation is 1. The van der Waals surface area contributed by atoms with Crippen molar-refractivity contribution in [3.63, 3.8) is 0 Å². The summed E-state index contributed by atoms with van der Waals surface area (Å²) in [5, 5.41) is 13.1. The third-order valence-electron chi connectivity index (χ3n) is 5.92. The van der Waals surface area contributed by atoms with Crippen LogP contribution in [0.1, 0.15) is 5.82 Å². The highest BCUT2D eigenvalue weighted by Crippen LogP contribution is 2.41. The molecule has 1 saturated heterocycles. The number of aliphatic carboxylic acids is 1. The molecule has 4 N–H and O–H groups in total. The van der Waals surface area contributed by atoms with E-state index in [1.807, 2.05) is 36.0 Å². The second-order valence-corrected chi connectivity index (χ2v) is 12.9. The molecular formula is C25H27Cl2N6O4S3+. The molecule has 0 radical (unpaired) electrons. The van der Waals surface area contributed by atoms with Crippen molar-refractivity contribution in [3.8, 4) is 0 Å². The number of allylic oxidation sites excluding steroid dienone is 1. The zero-order valence-corrected chi connectivity index (χ0v) is 25.7. The third-order valence-corrected chi connectivity index (χ3v) is 10.0. The number of nitrogens with zero attached hydrogens (tertiary/aromatic N) is 4. The molecule has 2 aliphatic heterocycles. The molecule has 212 valence electrons. The van der Waals surface area contributed by atoms with E-state index < -0.39 is 23.3 Å². The van der Waals surface area contributed by atoms with Crippen LogP contribution < -0.4 is 19.9 Å². The Bertz CT molecular complexity index is 1420. The summed E-state index contributed by atoms with van der Waals surface area (Å²) < 4.78 is 1.95. The molecule has 1 aromatic heterocycles. The quantitative estimate of drug-likeness (QED) is 0.202. The van der Waals surface area contributed by atoms with E-state index in [1.54, 1.807) is 30.3 Å². The Balaban J connectivity index is 1.39. The lowest BCUT2D eigenvalue weighted by Crippen LogP contribution is -2.70. The molecule has 1 fully saturated rings. The maximum atomic E-state index is 12.9. The van der Waals surface area contributed by atoms with Crippen molar-refractivity contribution in [2.24, 2.45) is 0 Å². The zero-order valence-electron chi connectivity index (χ0n) is 21.8. The van der Waals surface area contributed by atoms with Crippen LogP contribution in [0.4, 0.5) is 11.6 Å². The molecule has 1 unspecified atom stereocenters. The number of carbonyl (C=O) groups is 3. The molecule has 2 aliphatic rings. The molecule has 0 saturated carbocycles. The van der Waals surface area contributed by atoms with Gasteiger partial charge in [0.05, 0.1) is 30.9 Å². The van der Waals surface area contributed by atoms with Crippen LogP contribution in [0.15, 0.2) is 52.6 Å². The highest BCUT2D eigenvalue weighted by molar-refractivity contribution is 8.00. The summed E-state index contributed by atoms with van der Waals surface area (Å²) in [7, 11) is 3.82. The number of hydrogen-bond donors (Lipinski definition) is 3. The third kappa shape index (κ3) is 6.65. The van der Waals surface area contributed by atoms with E-state index in [2.05, 4.69) is 10.3 Å². The number of benzene rings is 1. The Labute approximate surface area is 254 Å². The number of anilines is 2. The van der Waals surface area contributed by atoms with Gasteiger partial charge in [-0.25, -0.2) is 4.79 Å². The molecule has 0 aliphatic carbocycles. The van der Waals surface area contributed by atoms with Gasteiger partial charge >= 0.3 is 5.97 Å². The Kier molecular flexibility index (Phi) is 9.83. The van der Waals surface area contributed by atoms with Crippen LogP contribution in [0.25, 0.3) is 0 Å². The zero-order chi connectivity index (χ0) is 29.1. The average Bonchev–Trinajstić information content (AvgIpc) is 2.90. The van der Waals surface area contributed by atoms with Gasteiger partial charge in [-0.2, -0.15) is 3.97 Å². The number of nitrogen functional groups attached to an aromatic ring is 1. The predicted molar refractivity (Wildman–Crippen MR) is 162 cm³/mol. The molecule has 0 spiro atoms. The summed E-state index contributed by atoms with van der Waals surface area (Å²) in [4.78, 5) is 45.8. The van der Waals surface area contributed by atoms with Gasteiger partial charge < -0.3 is 16.2 Å². The van der Waals surface area contributed by atoms with Gasteiger partial charge in [0.25, 0.3) is 5.91 Å². The molecule has 3 heterocycles. The number of carboxylic acids is 1. The van der Waals surface area contributed by atoms with Crippen molar-refractivity contribution in [3.05, 3.63) is 63.6 Å². The number of rotatable bonds is 10. The Morgan fingerprint density at radius 1 is 1.35 bits per heavy atom. The van der Waals surface area contributed by atoms with Gasteiger partial charge in [-0.1, -0.05) is 40.3 Å². The molecule has 40 heavy (non-hydrogen) atoms. The monoisotopic (exact) mass is 641 g/mol. The fourth-order valence-electron chi connectivity index (χ4n) is 4.12. The minimum absolute atomic E-state index is 0.0328. The Hall–Kier alpha value is -2.58. The van der Waals surface area contributed by atoms with Crippen LogP contribution in [0.3, 0.4) is 0 Å². The van der Waals surface area contributed by atoms with Crippen molar-refractivity contribution < 1.29 is 23.5 Å². The Morgan fingerprint density at radius 3 is 2.80 bits per heavy atom. The maximum Gasteiger partial charge on any atom is 0.352 e. The summed E-state index contributed by atoms with van der Waals surface area (Å²) in [5.41, 5.74) is 6.35. The fourth-order valence-corrected chi connectivity index (χ4v) is 7.65. The Morgan fingerprint density at radius 2 is 2.10 bits per heavy atom. The van der Waals surface area contributed by atoms with Crippen molar-refractivity contribution in [2.75, 3.05) is 42.0 Å². The number of amides is 2. The minimum Gasteiger partial charge on any atom is -0.477 e. The van der Waals surface area contributed by atoms with E-state index in [-0.39, 0.29) is 17.4 Å². The average molecular weight is 643 g/mol. The predicted octanol–water partition coefficient (Wildman–Crippen LogP) is 3.22. The molecular weight excluding hydrogens is 615 g/mol. The number of fused-ring (bicyclic) bond motifs is 1. The van der Waals surface area contributed by atoms with Crippen molar-refractivity contribution >= 4 is 88.1 Å². The number of thioether (sulfide) groups is 2. The molecule has 1 aromatic carbocycles. The fraction of sp³-hybridized carbons (Fsp3) is 0.320. The van der Waals surface area contributed by atoms with Crippen molar-refractivity contribution in [1.29, 1.82) is 0 Å². The second kappa shape index (κ2) is 12.9. The summed E-state index contributed by atoms with van der Waals surface area (Å²) >= 11 is 16.3.